The third-order valence-corrected chi connectivity index (χ3v) is 5.84. The summed E-state index contributed by atoms with van der Waals surface area (Å²) < 4.78 is 11.5. The number of rotatable bonds is 8. The van der Waals surface area contributed by atoms with Crippen LogP contribution in [-0.2, 0) is 4.74 Å². The molecule has 0 unspecified atom stereocenters. The summed E-state index contributed by atoms with van der Waals surface area (Å²) in [7, 11) is 1.64. The SMILES string of the molecule is COc1ccccc1Nc1nnc(SC[C@H](O)CN2CCOCC2)s1. The molecule has 136 valence electrons. The van der Waals surface area contributed by atoms with E-state index < -0.39 is 6.10 Å². The predicted molar refractivity (Wildman–Crippen MR) is 100 cm³/mol. The van der Waals surface area contributed by atoms with Gasteiger partial charge in [-0.05, 0) is 12.1 Å². The Morgan fingerprint density at radius 1 is 1.36 bits per heavy atom. The van der Waals surface area contributed by atoms with Gasteiger partial charge in [-0.15, -0.1) is 10.2 Å². The van der Waals surface area contributed by atoms with Gasteiger partial charge in [-0.25, -0.2) is 0 Å². The smallest absolute Gasteiger partial charge is 0.210 e. The number of nitrogens with zero attached hydrogens (tertiary/aromatic N) is 3. The van der Waals surface area contributed by atoms with Crippen LogP contribution in [0.25, 0.3) is 0 Å². The molecule has 1 aromatic carbocycles. The molecule has 2 N–H and O–H groups in total. The maximum Gasteiger partial charge on any atom is 0.210 e. The molecule has 1 atom stereocenters. The number of β-amino-alcohol motifs (C(OH)–C–C–N with tert-alkyl or cyclic N) is 1. The van der Waals surface area contributed by atoms with E-state index in [-0.39, 0.29) is 0 Å². The van der Waals surface area contributed by atoms with Crippen molar-refractivity contribution in [3.8, 4) is 5.75 Å². The number of nitrogens with one attached hydrogen (secondary N) is 1. The Balaban J connectivity index is 1.48. The molecule has 1 aliphatic rings. The van der Waals surface area contributed by atoms with Gasteiger partial charge in [-0.2, -0.15) is 0 Å². The normalized spacial score (nSPS) is 16.6. The molecule has 1 saturated heterocycles. The number of morpholine rings is 1. The first-order valence-electron chi connectivity index (χ1n) is 8.09. The summed E-state index contributed by atoms with van der Waals surface area (Å²) in [5.41, 5.74) is 0.852. The zero-order chi connectivity index (χ0) is 17.5. The van der Waals surface area contributed by atoms with E-state index in [2.05, 4.69) is 20.4 Å². The number of benzene rings is 1. The van der Waals surface area contributed by atoms with Crippen molar-refractivity contribution < 1.29 is 14.6 Å². The van der Waals surface area contributed by atoms with Gasteiger partial charge >= 0.3 is 0 Å². The van der Waals surface area contributed by atoms with Crippen molar-refractivity contribution in [1.82, 2.24) is 15.1 Å². The summed E-state index contributed by atoms with van der Waals surface area (Å²) >= 11 is 2.99. The van der Waals surface area contributed by atoms with Crippen molar-refractivity contribution in [1.29, 1.82) is 0 Å². The van der Waals surface area contributed by atoms with Crippen LogP contribution in [0.5, 0.6) is 5.75 Å². The predicted octanol–water partition coefficient (Wildman–Crippen LogP) is 2.08. The molecule has 1 aromatic heterocycles. The standard InChI is InChI=1S/C16H22N4O3S2/c1-22-14-5-3-2-4-13(14)17-15-18-19-16(25-15)24-11-12(21)10-20-6-8-23-9-7-20/h2-5,12,21H,6-11H2,1H3,(H,17,18)/t12-/m1/s1. The fourth-order valence-corrected chi connectivity index (χ4v) is 4.19. The number of aliphatic hydroxyl groups excluding tert-OH is 1. The molecule has 0 amide bonds. The largest absolute Gasteiger partial charge is 0.495 e. The minimum absolute atomic E-state index is 0.391. The summed E-state index contributed by atoms with van der Waals surface area (Å²) in [4.78, 5) is 2.23. The van der Waals surface area contributed by atoms with Crippen LogP contribution in [-0.4, -0.2) is 72.0 Å². The third-order valence-electron chi connectivity index (χ3n) is 3.73. The van der Waals surface area contributed by atoms with Gasteiger partial charge in [0, 0.05) is 25.4 Å². The highest BCUT2D eigenvalue weighted by molar-refractivity contribution is 8.01. The number of aromatic nitrogens is 2. The van der Waals surface area contributed by atoms with E-state index in [0.717, 1.165) is 42.1 Å². The highest BCUT2D eigenvalue weighted by atomic mass is 32.2. The van der Waals surface area contributed by atoms with Crippen LogP contribution in [0.1, 0.15) is 0 Å². The average Bonchev–Trinajstić information content (AvgIpc) is 3.09. The number of aliphatic hydroxyl groups is 1. The lowest BCUT2D eigenvalue weighted by atomic mass is 10.3. The van der Waals surface area contributed by atoms with Crippen molar-refractivity contribution in [2.24, 2.45) is 0 Å². The maximum absolute atomic E-state index is 10.2. The van der Waals surface area contributed by atoms with E-state index in [0.29, 0.717) is 17.4 Å². The van der Waals surface area contributed by atoms with E-state index in [1.165, 1.54) is 23.1 Å². The quantitative estimate of drug-likeness (QED) is 0.672. The number of methoxy groups -OCH3 is 1. The number of hydrogen-bond acceptors (Lipinski definition) is 9. The first-order valence-corrected chi connectivity index (χ1v) is 9.89. The highest BCUT2D eigenvalue weighted by Gasteiger charge is 2.16. The summed E-state index contributed by atoms with van der Waals surface area (Å²) in [5.74, 6) is 1.36. The maximum atomic E-state index is 10.2. The second-order valence-corrected chi connectivity index (χ2v) is 7.82. The van der Waals surface area contributed by atoms with E-state index in [1.807, 2.05) is 24.3 Å². The number of hydrogen-bond donors (Lipinski definition) is 2. The monoisotopic (exact) mass is 382 g/mol. The summed E-state index contributed by atoms with van der Waals surface area (Å²) in [6.45, 7) is 3.92. The van der Waals surface area contributed by atoms with Crippen molar-refractivity contribution in [3.63, 3.8) is 0 Å². The molecule has 0 aliphatic carbocycles. The van der Waals surface area contributed by atoms with Gasteiger partial charge in [0.1, 0.15) is 5.75 Å². The lowest BCUT2D eigenvalue weighted by Crippen LogP contribution is -2.41. The molecule has 2 heterocycles. The van der Waals surface area contributed by atoms with Crippen LogP contribution in [0.4, 0.5) is 10.8 Å². The molecule has 0 bridgehead atoms. The Morgan fingerprint density at radius 3 is 2.96 bits per heavy atom. The minimum atomic E-state index is -0.391. The molecule has 0 spiro atoms. The van der Waals surface area contributed by atoms with Gasteiger partial charge in [0.25, 0.3) is 0 Å². The molecular weight excluding hydrogens is 360 g/mol. The van der Waals surface area contributed by atoms with Gasteiger partial charge in [-0.3, -0.25) is 4.90 Å². The molecule has 0 radical (unpaired) electrons. The molecular formula is C16H22N4O3S2. The zero-order valence-corrected chi connectivity index (χ0v) is 15.7. The Hall–Kier alpha value is -1.39. The topological polar surface area (TPSA) is 79.7 Å². The summed E-state index contributed by atoms with van der Waals surface area (Å²) in [6, 6.07) is 7.67. The first-order chi connectivity index (χ1) is 12.2. The molecule has 7 nitrogen and oxygen atoms in total. The number of para-hydroxylation sites is 2. The fourth-order valence-electron chi connectivity index (χ4n) is 2.48. The van der Waals surface area contributed by atoms with Crippen LogP contribution in [0.3, 0.4) is 0 Å². The lowest BCUT2D eigenvalue weighted by molar-refractivity contribution is 0.0188. The first kappa shape index (κ1) is 18.4. The number of ether oxygens (including phenoxy) is 2. The van der Waals surface area contributed by atoms with Crippen LogP contribution in [0, 0.1) is 0 Å². The van der Waals surface area contributed by atoms with Crippen LogP contribution in [0.15, 0.2) is 28.6 Å². The molecule has 2 aromatic rings. The zero-order valence-electron chi connectivity index (χ0n) is 14.1. The molecule has 1 aliphatic heterocycles. The number of anilines is 2. The fraction of sp³-hybridized carbons (Fsp3) is 0.500. The van der Waals surface area contributed by atoms with Crippen LogP contribution < -0.4 is 10.1 Å². The van der Waals surface area contributed by atoms with Crippen molar-refractivity contribution in [3.05, 3.63) is 24.3 Å². The summed E-state index contributed by atoms with van der Waals surface area (Å²) in [6.07, 6.45) is -0.391. The molecule has 3 rings (SSSR count). The van der Waals surface area contributed by atoms with E-state index in [1.54, 1.807) is 7.11 Å². The van der Waals surface area contributed by atoms with Gasteiger partial charge in [0.15, 0.2) is 4.34 Å². The van der Waals surface area contributed by atoms with E-state index in [4.69, 9.17) is 9.47 Å². The minimum Gasteiger partial charge on any atom is -0.495 e. The van der Waals surface area contributed by atoms with Gasteiger partial charge < -0.3 is 19.9 Å². The second-order valence-electron chi connectivity index (χ2n) is 5.58. The number of thioether (sulfide) groups is 1. The Morgan fingerprint density at radius 2 is 2.16 bits per heavy atom. The van der Waals surface area contributed by atoms with Gasteiger partial charge in [-0.1, -0.05) is 35.2 Å². The molecule has 0 saturated carbocycles. The van der Waals surface area contributed by atoms with Crippen molar-refractivity contribution in [2.75, 3.05) is 51.0 Å². The highest BCUT2D eigenvalue weighted by Crippen LogP contribution is 2.31. The Bertz CT molecular complexity index is 664. The van der Waals surface area contributed by atoms with Crippen LogP contribution >= 0.6 is 23.1 Å². The molecule has 9 heteroatoms. The van der Waals surface area contributed by atoms with Gasteiger partial charge in [0.2, 0.25) is 5.13 Å². The summed E-state index contributed by atoms with van der Waals surface area (Å²) in [5, 5.41) is 22.4. The Labute approximate surface area is 155 Å². The van der Waals surface area contributed by atoms with E-state index >= 15 is 0 Å². The Kier molecular flexibility index (Phi) is 6.88. The van der Waals surface area contributed by atoms with Gasteiger partial charge in [0.05, 0.1) is 32.1 Å². The molecule has 1 fully saturated rings. The second kappa shape index (κ2) is 9.35. The molecule has 25 heavy (non-hydrogen) atoms. The average molecular weight is 383 g/mol. The van der Waals surface area contributed by atoms with E-state index in [9.17, 15) is 5.11 Å². The van der Waals surface area contributed by atoms with Crippen LogP contribution in [0.2, 0.25) is 0 Å². The third kappa shape index (κ3) is 5.55. The van der Waals surface area contributed by atoms with Crippen molar-refractivity contribution >= 4 is 33.9 Å². The lowest BCUT2D eigenvalue weighted by Gasteiger charge is -2.28. The van der Waals surface area contributed by atoms with Crippen molar-refractivity contribution in [2.45, 2.75) is 10.4 Å².